The number of anilines is 2. The number of hydrogen-bond acceptors (Lipinski definition) is 3. The summed E-state index contributed by atoms with van der Waals surface area (Å²) >= 11 is 1.95. The van der Waals surface area contributed by atoms with E-state index in [1.807, 2.05) is 24.2 Å². The summed E-state index contributed by atoms with van der Waals surface area (Å²) < 4.78 is 0. The van der Waals surface area contributed by atoms with Gasteiger partial charge in [0.05, 0.1) is 11.2 Å². The molecule has 0 bridgehead atoms. The summed E-state index contributed by atoms with van der Waals surface area (Å²) in [4.78, 5) is 9.33. The average molecular weight is 331 g/mol. The second kappa shape index (κ2) is 5.28. The van der Waals surface area contributed by atoms with Gasteiger partial charge in [0, 0.05) is 39.6 Å². The minimum Gasteiger partial charge on any atom is -0.361 e. The number of fused-ring (bicyclic) bond motifs is 4. The highest BCUT2D eigenvalue weighted by Gasteiger charge is 2.18. The summed E-state index contributed by atoms with van der Waals surface area (Å²) in [7, 11) is 0. The smallest absolute Gasteiger partial charge is 0.0726 e. The first-order valence-electron chi connectivity index (χ1n) is 8.18. The summed E-state index contributed by atoms with van der Waals surface area (Å²) in [6.07, 6.45) is 5.06. The molecule has 118 valence electrons. The highest BCUT2D eigenvalue weighted by molar-refractivity contribution is 7.99. The fourth-order valence-corrected chi connectivity index (χ4v) is 4.58. The van der Waals surface area contributed by atoms with Crippen LogP contribution >= 0.6 is 11.8 Å². The molecule has 2 aromatic carbocycles. The van der Waals surface area contributed by atoms with E-state index in [0.29, 0.717) is 0 Å². The van der Waals surface area contributed by atoms with E-state index >= 15 is 0 Å². The molecular weight excluding hydrogens is 314 g/mol. The fraction of sp³-hybridized carbons (Fsp3) is 0.150. The van der Waals surface area contributed by atoms with Gasteiger partial charge in [-0.25, -0.2) is 0 Å². The zero-order chi connectivity index (χ0) is 16.1. The summed E-state index contributed by atoms with van der Waals surface area (Å²) in [5.74, 6) is 1.16. The molecule has 0 fully saturated rings. The molecule has 0 unspecified atom stereocenters. The number of nitrogens with zero attached hydrogens (tertiary/aromatic N) is 1. The molecule has 3 heterocycles. The molecule has 5 rings (SSSR count). The molecule has 0 spiro atoms. The third kappa shape index (κ3) is 2.10. The van der Waals surface area contributed by atoms with E-state index in [1.54, 1.807) is 0 Å². The summed E-state index contributed by atoms with van der Waals surface area (Å²) in [5.41, 5.74) is 7.13. The number of H-pyrrole nitrogens is 1. The Morgan fingerprint density at radius 3 is 3.08 bits per heavy atom. The van der Waals surface area contributed by atoms with Gasteiger partial charge < -0.3 is 10.3 Å². The molecule has 0 amide bonds. The van der Waals surface area contributed by atoms with Crippen LogP contribution in [0.15, 0.2) is 53.7 Å². The van der Waals surface area contributed by atoms with Gasteiger partial charge in [0.2, 0.25) is 0 Å². The van der Waals surface area contributed by atoms with Crippen LogP contribution < -0.4 is 5.32 Å². The van der Waals surface area contributed by atoms with Gasteiger partial charge in [-0.3, -0.25) is 4.98 Å². The van der Waals surface area contributed by atoms with Crippen LogP contribution in [-0.4, -0.2) is 15.7 Å². The van der Waals surface area contributed by atoms with Gasteiger partial charge in [0.25, 0.3) is 0 Å². The normalized spacial score (nSPS) is 13.5. The quantitative estimate of drug-likeness (QED) is 0.515. The number of hydrogen-bond donors (Lipinski definition) is 2. The maximum atomic E-state index is 4.65. The van der Waals surface area contributed by atoms with Crippen molar-refractivity contribution in [1.29, 1.82) is 0 Å². The SMILES string of the molecule is Cc1cnc2ccc3c(c2c1Nc1ccc2cc[nH]c2c1)CCS3. The molecule has 0 aliphatic carbocycles. The molecular formula is C20H17N3S. The van der Waals surface area contributed by atoms with E-state index in [-0.39, 0.29) is 0 Å². The zero-order valence-corrected chi connectivity index (χ0v) is 14.2. The topological polar surface area (TPSA) is 40.7 Å². The first-order chi connectivity index (χ1) is 11.8. The van der Waals surface area contributed by atoms with Gasteiger partial charge in [-0.2, -0.15) is 0 Å². The predicted octanol–water partition coefficient (Wildman–Crippen LogP) is 5.42. The second-order valence-electron chi connectivity index (χ2n) is 6.26. The van der Waals surface area contributed by atoms with Crippen molar-refractivity contribution < 1.29 is 0 Å². The Labute approximate surface area is 144 Å². The largest absolute Gasteiger partial charge is 0.361 e. The van der Waals surface area contributed by atoms with Crippen molar-refractivity contribution in [2.24, 2.45) is 0 Å². The number of benzene rings is 2. The Balaban J connectivity index is 1.70. The molecule has 0 atom stereocenters. The minimum absolute atomic E-state index is 1.07. The van der Waals surface area contributed by atoms with Crippen molar-refractivity contribution >= 4 is 44.9 Å². The van der Waals surface area contributed by atoms with Crippen molar-refractivity contribution in [3.8, 4) is 0 Å². The molecule has 2 N–H and O–H groups in total. The number of aromatic amines is 1. The second-order valence-corrected chi connectivity index (χ2v) is 7.39. The van der Waals surface area contributed by atoms with E-state index < -0.39 is 0 Å². The van der Waals surface area contributed by atoms with Crippen molar-refractivity contribution in [1.82, 2.24) is 9.97 Å². The summed E-state index contributed by atoms with van der Waals surface area (Å²) in [6.45, 7) is 2.13. The lowest BCUT2D eigenvalue weighted by Gasteiger charge is -2.15. The van der Waals surface area contributed by atoms with Crippen molar-refractivity contribution in [3.63, 3.8) is 0 Å². The number of aryl methyl sites for hydroxylation is 2. The van der Waals surface area contributed by atoms with Crippen molar-refractivity contribution in [2.75, 3.05) is 11.1 Å². The first kappa shape index (κ1) is 13.9. The van der Waals surface area contributed by atoms with Gasteiger partial charge >= 0.3 is 0 Å². The molecule has 2 aromatic heterocycles. The molecule has 0 saturated carbocycles. The van der Waals surface area contributed by atoms with Gasteiger partial charge in [-0.15, -0.1) is 11.8 Å². The highest BCUT2D eigenvalue weighted by Crippen LogP contribution is 2.40. The standard InChI is InChI=1S/C20H17N3S/c1-12-11-22-16-4-5-18-15(7-9-24-18)19(16)20(12)23-14-3-2-13-6-8-21-17(13)10-14/h2-6,8,10-11,21H,7,9H2,1H3,(H,22,23). The highest BCUT2D eigenvalue weighted by atomic mass is 32.2. The number of nitrogens with one attached hydrogen (secondary N) is 2. The maximum absolute atomic E-state index is 4.65. The van der Waals surface area contributed by atoms with Crippen LogP contribution in [0, 0.1) is 6.92 Å². The molecule has 4 heteroatoms. The number of rotatable bonds is 2. The molecule has 3 nitrogen and oxygen atoms in total. The number of pyridine rings is 1. The monoisotopic (exact) mass is 331 g/mol. The molecule has 24 heavy (non-hydrogen) atoms. The summed E-state index contributed by atoms with van der Waals surface area (Å²) in [5, 5.41) is 6.17. The lowest BCUT2D eigenvalue weighted by atomic mass is 10.0. The van der Waals surface area contributed by atoms with Crippen LogP contribution in [0.2, 0.25) is 0 Å². The van der Waals surface area contributed by atoms with E-state index in [9.17, 15) is 0 Å². The average Bonchev–Trinajstić information content (AvgIpc) is 3.25. The van der Waals surface area contributed by atoms with Crippen LogP contribution in [0.4, 0.5) is 11.4 Å². The maximum Gasteiger partial charge on any atom is 0.0726 e. The van der Waals surface area contributed by atoms with Crippen molar-refractivity contribution in [3.05, 3.63) is 59.9 Å². The van der Waals surface area contributed by atoms with Crippen molar-refractivity contribution in [2.45, 2.75) is 18.2 Å². The van der Waals surface area contributed by atoms with E-state index in [4.69, 9.17) is 0 Å². The first-order valence-corrected chi connectivity index (χ1v) is 9.16. The van der Waals surface area contributed by atoms with E-state index in [1.165, 1.54) is 32.5 Å². The summed E-state index contributed by atoms with van der Waals surface area (Å²) in [6, 6.07) is 12.9. The lowest BCUT2D eigenvalue weighted by molar-refractivity contribution is 1.16. The van der Waals surface area contributed by atoms with Gasteiger partial charge in [0.15, 0.2) is 0 Å². The lowest BCUT2D eigenvalue weighted by Crippen LogP contribution is -1.98. The molecule has 4 aromatic rings. The third-order valence-corrected chi connectivity index (χ3v) is 5.83. The van der Waals surface area contributed by atoms with Gasteiger partial charge in [-0.05, 0) is 60.2 Å². The Morgan fingerprint density at radius 2 is 2.12 bits per heavy atom. The fourth-order valence-electron chi connectivity index (χ4n) is 3.51. The number of thioether (sulfide) groups is 1. The Morgan fingerprint density at radius 1 is 1.17 bits per heavy atom. The Hall–Kier alpha value is -2.46. The van der Waals surface area contributed by atoms with Crippen LogP contribution in [0.5, 0.6) is 0 Å². The minimum atomic E-state index is 1.07. The van der Waals surface area contributed by atoms with Crippen LogP contribution in [0.25, 0.3) is 21.8 Å². The molecule has 1 aliphatic rings. The molecule has 0 saturated heterocycles. The van der Waals surface area contributed by atoms with Crippen LogP contribution in [0.1, 0.15) is 11.1 Å². The zero-order valence-electron chi connectivity index (χ0n) is 13.4. The molecule has 1 aliphatic heterocycles. The van der Waals surface area contributed by atoms with E-state index in [2.05, 4.69) is 58.6 Å². The van der Waals surface area contributed by atoms with Crippen LogP contribution in [-0.2, 0) is 6.42 Å². The predicted molar refractivity (Wildman–Crippen MR) is 102 cm³/mol. The van der Waals surface area contributed by atoms with Crippen LogP contribution in [0.3, 0.4) is 0 Å². The molecule has 0 radical (unpaired) electrons. The number of aromatic nitrogens is 2. The Kier molecular flexibility index (Phi) is 3.06. The third-order valence-electron chi connectivity index (χ3n) is 4.72. The Bertz CT molecular complexity index is 1080. The van der Waals surface area contributed by atoms with Gasteiger partial charge in [-0.1, -0.05) is 6.07 Å². The van der Waals surface area contributed by atoms with Gasteiger partial charge in [0.1, 0.15) is 0 Å². The van der Waals surface area contributed by atoms with E-state index in [0.717, 1.165) is 28.9 Å².